The van der Waals surface area contributed by atoms with Crippen molar-refractivity contribution in [1.29, 1.82) is 0 Å². The number of aromatic carboxylic acids is 1. The molecular weight excluding hydrogens is 278 g/mol. The van der Waals surface area contributed by atoms with Crippen LogP contribution in [0.15, 0.2) is 30.3 Å². The van der Waals surface area contributed by atoms with E-state index in [4.69, 9.17) is 9.84 Å². The summed E-state index contributed by atoms with van der Waals surface area (Å²) in [4.78, 5) is 23.3. The smallest absolute Gasteiger partial charge is 0.345 e. The van der Waals surface area contributed by atoms with Crippen molar-refractivity contribution in [2.75, 3.05) is 12.4 Å². The molecule has 0 fully saturated rings. The second-order valence-corrected chi connectivity index (χ2v) is 5.19. The fourth-order valence-electron chi connectivity index (χ4n) is 1.66. The average Bonchev–Trinajstić information content (AvgIpc) is 2.91. The number of carbonyl (C=O) groups is 2. The predicted octanol–water partition coefficient (Wildman–Crippen LogP) is 3.02. The Morgan fingerprint density at radius 2 is 1.90 bits per heavy atom. The minimum absolute atomic E-state index is 0.140. The molecule has 6 heteroatoms. The van der Waals surface area contributed by atoms with Crippen molar-refractivity contribution in [2.45, 2.75) is 6.92 Å². The Morgan fingerprint density at radius 1 is 1.20 bits per heavy atom. The van der Waals surface area contributed by atoms with Crippen molar-refractivity contribution < 1.29 is 19.4 Å². The van der Waals surface area contributed by atoms with E-state index >= 15 is 0 Å². The van der Waals surface area contributed by atoms with Gasteiger partial charge in [0.2, 0.25) is 0 Å². The number of nitrogens with one attached hydrogen (secondary N) is 1. The topological polar surface area (TPSA) is 75.6 Å². The molecule has 1 aromatic carbocycles. The van der Waals surface area contributed by atoms with Gasteiger partial charge in [-0.2, -0.15) is 0 Å². The fraction of sp³-hybridized carbons (Fsp3) is 0.143. The number of benzene rings is 1. The number of ether oxygens (including phenoxy) is 1. The molecule has 0 bridgehead atoms. The summed E-state index contributed by atoms with van der Waals surface area (Å²) >= 11 is 0.946. The quantitative estimate of drug-likeness (QED) is 0.908. The molecule has 2 rings (SSSR count). The summed E-state index contributed by atoms with van der Waals surface area (Å²) in [5, 5.41) is 11.6. The molecule has 0 aliphatic carbocycles. The molecule has 0 atom stereocenters. The second kappa shape index (κ2) is 5.75. The molecule has 1 heterocycles. The molecule has 0 spiro atoms. The van der Waals surface area contributed by atoms with E-state index in [1.54, 1.807) is 19.2 Å². The monoisotopic (exact) mass is 291 g/mol. The molecule has 5 nitrogen and oxygen atoms in total. The van der Waals surface area contributed by atoms with E-state index in [0.29, 0.717) is 16.3 Å². The van der Waals surface area contributed by atoms with Gasteiger partial charge in [0.15, 0.2) is 0 Å². The lowest BCUT2D eigenvalue weighted by Gasteiger charge is -2.09. The maximum absolute atomic E-state index is 12.0. The highest BCUT2D eigenvalue weighted by Gasteiger charge is 2.13. The molecule has 2 N–H and O–H groups in total. The molecule has 1 amide bonds. The van der Waals surface area contributed by atoms with Crippen molar-refractivity contribution in [2.24, 2.45) is 0 Å². The molecule has 20 heavy (non-hydrogen) atoms. The van der Waals surface area contributed by atoms with Gasteiger partial charge in [-0.1, -0.05) is 0 Å². The highest BCUT2D eigenvalue weighted by Crippen LogP contribution is 2.23. The van der Waals surface area contributed by atoms with Gasteiger partial charge in [0.1, 0.15) is 10.6 Å². The average molecular weight is 291 g/mol. The summed E-state index contributed by atoms with van der Waals surface area (Å²) in [5.41, 5.74) is 1.54. The first kappa shape index (κ1) is 14.1. The van der Waals surface area contributed by atoms with Gasteiger partial charge in [-0.3, -0.25) is 4.79 Å². The van der Waals surface area contributed by atoms with Crippen LogP contribution in [0.1, 0.15) is 24.9 Å². The van der Waals surface area contributed by atoms with E-state index < -0.39 is 5.97 Å². The summed E-state index contributed by atoms with van der Waals surface area (Å²) in [5.74, 6) is -0.643. The Bertz CT molecular complexity index is 663. The van der Waals surface area contributed by atoms with Crippen LogP contribution >= 0.6 is 11.3 Å². The maximum Gasteiger partial charge on any atom is 0.345 e. The largest absolute Gasteiger partial charge is 0.497 e. The van der Waals surface area contributed by atoms with Crippen LogP contribution in [0.2, 0.25) is 0 Å². The van der Waals surface area contributed by atoms with E-state index in [2.05, 4.69) is 5.32 Å². The van der Waals surface area contributed by atoms with Crippen molar-refractivity contribution in [3.63, 3.8) is 0 Å². The normalized spacial score (nSPS) is 10.1. The van der Waals surface area contributed by atoms with E-state index in [9.17, 15) is 9.59 Å². The summed E-state index contributed by atoms with van der Waals surface area (Å²) in [6.45, 7) is 1.86. The van der Waals surface area contributed by atoms with Gasteiger partial charge in [0.05, 0.1) is 12.0 Å². The van der Waals surface area contributed by atoms with Crippen LogP contribution in [0.25, 0.3) is 0 Å². The summed E-state index contributed by atoms with van der Waals surface area (Å²) in [7, 11) is 1.58. The van der Waals surface area contributed by atoms with Crippen molar-refractivity contribution >= 4 is 28.9 Å². The Morgan fingerprint density at radius 3 is 2.45 bits per heavy atom. The first-order chi connectivity index (χ1) is 9.51. The third-order valence-electron chi connectivity index (χ3n) is 2.72. The van der Waals surface area contributed by atoms with Gasteiger partial charge in [0.25, 0.3) is 5.91 Å². The van der Waals surface area contributed by atoms with Crippen LogP contribution in [0.5, 0.6) is 5.75 Å². The summed E-state index contributed by atoms with van der Waals surface area (Å²) < 4.78 is 5.09. The van der Waals surface area contributed by atoms with Crippen LogP contribution < -0.4 is 10.1 Å². The number of rotatable bonds is 4. The number of hydrogen-bond donors (Lipinski definition) is 2. The molecule has 0 saturated carbocycles. The van der Waals surface area contributed by atoms with Gasteiger partial charge in [0, 0.05) is 5.69 Å². The standard InChI is InChI=1S/C14H13NO4S/c1-8-7-9(19-2)3-4-10(8)15-13(16)11-5-6-12(20-11)14(17)18/h3-7H,1-2H3,(H,15,16)(H,17,18). The van der Waals surface area contributed by atoms with Crippen molar-refractivity contribution in [3.05, 3.63) is 45.6 Å². The van der Waals surface area contributed by atoms with Crippen LogP contribution in [0, 0.1) is 6.92 Å². The van der Waals surface area contributed by atoms with Crippen LogP contribution in [-0.4, -0.2) is 24.1 Å². The zero-order valence-electron chi connectivity index (χ0n) is 11.0. The van der Waals surface area contributed by atoms with E-state index in [1.165, 1.54) is 12.1 Å². The lowest BCUT2D eigenvalue weighted by Crippen LogP contribution is -2.11. The summed E-state index contributed by atoms with van der Waals surface area (Å²) in [6.07, 6.45) is 0. The maximum atomic E-state index is 12.0. The highest BCUT2D eigenvalue weighted by atomic mass is 32.1. The lowest BCUT2D eigenvalue weighted by molar-refractivity contribution is 0.0702. The van der Waals surface area contributed by atoms with Gasteiger partial charge in [-0.05, 0) is 42.8 Å². The highest BCUT2D eigenvalue weighted by molar-refractivity contribution is 7.15. The molecule has 0 radical (unpaired) electrons. The SMILES string of the molecule is COc1ccc(NC(=O)c2ccc(C(=O)O)s2)c(C)c1. The third-order valence-corrected chi connectivity index (χ3v) is 3.79. The van der Waals surface area contributed by atoms with E-state index in [0.717, 1.165) is 16.9 Å². The Balaban J connectivity index is 2.16. The second-order valence-electron chi connectivity index (χ2n) is 4.10. The van der Waals surface area contributed by atoms with Crippen molar-refractivity contribution in [1.82, 2.24) is 0 Å². The van der Waals surface area contributed by atoms with E-state index in [1.807, 2.05) is 13.0 Å². The minimum Gasteiger partial charge on any atom is -0.497 e. The summed E-state index contributed by atoms with van der Waals surface area (Å²) in [6, 6.07) is 8.23. The van der Waals surface area contributed by atoms with Gasteiger partial charge in [-0.15, -0.1) is 11.3 Å². The van der Waals surface area contributed by atoms with Gasteiger partial charge >= 0.3 is 5.97 Å². The minimum atomic E-state index is -1.03. The molecule has 104 valence electrons. The molecule has 0 unspecified atom stereocenters. The number of hydrogen-bond acceptors (Lipinski definition) is 4. The molecule has 2 aromatic rings. The first-order valence-corrected chi connectivity index (χ1v) is 6.62. The Hall–Kier alpha value is -2.34. The van der Waals surface area contributed by atoms with Gasteiger partial charge < -0.3 is 15.2 Å². The number of thiophene rings is 1. The molecule has 0 aliphatic rings. The Labute approximate surface area is 119 Å². The number of carboxylic acids is 1. The molecule has 1 aromatic heterocycles. The molecule has 0 aliphatic heterocycles. The van der Waals surface area contributed by atoms with Crippen LogP contribution in [0.4, 0.5) is 5.69 Å². The number of carbonyl (C=O) groups excluding carboxylic acids is 1. The lowest BCUT2D eigenvalue weighted by atomic mass is 10.2. The molecular formula is C14H13NO4S. The Kier molecular flexibility index (Phi) is 4.05. The zero-order valence-corrected chi connectivity index (χ0v) is 11.8. The van der Waals surface area contributed by atoms with Crippen molar-refractivity contribution in [3.8, 4) is 5.75 Å². The fourth-order valence-corrected chi connectivity index (χ4v) is 2.40. The number of aryl methyl sites for hydroxylation is 1. The van der Waals surface area contributed by atoms with Crippen LogP contribution in [0.3, 0.4) is 0 Å². The van der Waals surface area contributed by atoms with Gasteiger partial charge in [-0.25, -0.2) is 4.79 Å². The van der Waals surface area contributed by atoms with E-state index in [-0.39, 0.29) is 10.8 Å². The van der Waals surface area contributed by atoms with Crippen LogP contribution in [-0.2, 0) is 0 Å². The third kappa shape index (κ3) is 2.97. The number of anilines is 1. The predicted molar refractivity (Wildman–Crippen MR) is 77.0 cm³/mol. The molecule has 0 saturated heterocycles. The zero-order chi connectivity index (χ0) is 14.7. The number of methoxy groups -OCH3 is 1. The first-order valence-electron chi connectivity index (χ1n) is 5.80. The number of amides is 1. The number of carboxylic acid groups (broad SMARTS) is 1.